The van der Waals surface area contributed by atoms with E-state index >= 15 is 0 Å². The van der Waals surface area contributed by atoms with E-state index in [9.17, 15) is 9.59 Å². The number of hydrogen-bond donors (Lipinski definition) is 2. The van der Waals surface area contributed by atoms with E-state index in [0.29, 0.717) is 19.6 Å². The van der Waals surface area contributed by atoms with Gasteiger partial charge in [-0.3, -0.25) is 9.69 Å². The van der Waals surface area contributed by atoms with Gasteiger partial charge >= 0.3 is 6.09 Å². The van der Waals surface area contributed by atoms with E-state index in [4.69, 9.17) is 10.5 Å². The Labute approximate surface area is 100 Å². The van der Waals surface area contributed by atoms with Crippen LogP contribution in [0, 0.1) is 0 Å². The molecule has 0 aromatic carbocycles. The van der Waals surface area contributed by atoms with Crippen molar-refractivity contribution >= 4 is 12.0 Å². The number of nitrogens with zero attached hydrogens (tertiary/aromatic N) is 1. The van der Waals surface area contributed by atoms with Gasteiger partial charge in [0.1, 0.15) is 12.1 Å². The van der Waals surface area contributed by atoms with Crippen LogP contribution in [0.4, 0.5) is 4.79 Å². The number of piperazine rings is 1. The molecule has 0 aromatic rings. The van der Waals surface area contributed by atoms with Crippen LogP contribution in [-0.4, -0.2) is 48.7 Å². The molecule has 1 aliphatic carbocycles. The summed E-state index contributed by atoms with van der Waals surface area (Å²) in [6, 6.07) is -0.586. The van der Waals surface area contributed by atoms with Crippen LogP contribution in [0.1, 0.15) is 25.7 Å². The lowest BCUT2D eigenvalue weighted by Gasteiger charge is -2.34. The molecule has 96 valence electrons. The molecular weight excluding hydrogens is 222 g/mol. The highest BCUT2D eigenvalue weighted by Gasteiger charge is 2.33. The number of nitrogens with two attached hydrogens (primary N) is 1. The molecule has 0 spiro atoms. The Morgan fingerprint density at radius 2 is 2.00 bits per heavy atom. The molecule has 6 nitrogen and oxygen atoms in total. The van der Waals surface area contributed by atoms with Gasteiger partial charge in [-0.1, -0.05) is 0 Å². The van der Waals surface area contributed by atoms with E-state index in [1.165, 1.54) is 4.90 Å². The predicted molar refractivity (Wildman–Crippen MR) is 61.3 cm³/mol. The molecule has 1 atom stereocenters. The van der Waals surface area contributed by atoms with Gasteiger partial charge in [-0.05, 0) is 25.7 Å². The third-order valence-electron chi connectivity index (χ3n) is 3.38. The molecule has 1 saturated heterocycles. The lowest BCUT2D eigenvalue weighted by molar-refractivity contribution is -0.123. The Balaban J connectivity index is 1.93. The van der Waals surface area contributed by atoms with Crippen molar-refractivity contribution in [3.63, 3.8) is 0 Å². The number of amides is 2. The number of carbonyl (C=O) groups is 2. The van der Waals surface area contributed by atoms with E-state index in [1.807, 2.05) is 0 Å². The van der Waals surface area contributed by atoms with Gasteiger partial charge in [0.2, 0.25) is 5.91 Å². The first-order valence-electron chi connectivity index (χ1n) is 6.16. The van der Waals surface area contributed by atoms with E-state index in [-0.39, 0.29) is 6.10 Å². The molecule has 1 heterocycles. The normalized spacial score (nSPS) is 25.9. The highest BCUT2D eigenvalue weighted by Crippen LogP contribution is 2.22. The van der Waals surface area contributed by atoms with Gasteiger partial charge in [0, 0.05) is 19.6 Å². The first-order valence-corrected chi connectivity index (χ1v) is 6.16. The van der Waals surface area contributed by atoms with Crippen LogP contribution in [0.3, 0.4) is 0 Å². The molecule has 2 fully saturated rings. The molecule has 1 unspecified atom stereocenters. The lowest BCUT2D eigenvalue weighted by Crippen LogP contribution is -2.59. The highest BCUT2D eigenvalue weighted by molar-refractivity contribution is 5.84. The first-order chi connectivity index (χ1) is 8.18. The number of rotatable bonds is 2. The number of ether oxygens (including phenoxy) is 1. The standard InChI is InChI=1S/C11H19N3O3/c12-10(15)9-7-13-5-6-14(9)11(16)17-8-3-1-2-4-8/h8-9,13H,1-7H2,(H2,12,15). The fraction of sp³-hybridized carbons (Fsp3) is 0.818. The molecule has 2 amide bonds. The van der Waals surface area contributed by atoms with Crippen molar-refractivity contribution in [2.24, 2.45) is 5.73 Å². The van der Waals surface area contributed by atoms with E-state index in [0.717, 1.165) is 25.7 Å². The average molecular weight is 241 g/mol. The second-order valence-corrected chi connectivity index (χ2v) is 4.61. The minimum absolute atomic E-state index is 0.0194. The van der Waals surface area contributed by atoms with Crippen molar-refractivity contribution in [1.82, 2.24) is 10.2 Å². The van der Waals surface area contributed by atoms with Crippen molar-refractivity contribution < 1.29 is 14.3 Å². The largest absolute Gasteiger partial charge is 0.446 e. The molecule has 0 bridgehead atoms. The maximum atomic E-state index is 11.9. The zero-order valence-electron chi connectivity index (χ0n) is 9.85. The van der Waals surface area contributed by atoms with Gasteiger partial charge < -0.3 is 15.8 Å². The van der Waals surface area contributed by atoms with Crippen molar-refractivity contribution in [3.05, 3.63) is 0 Å². The summed E-state index contributed by atoms with van der Waals surface area (Å²) in [4.78, 5) is 24.6. The first kappa shape index (κ1) is 12.2. The molecule has 0 aromatic heterocycles. The second-order valence-electron chi connectivity index (χ2n) is 4.61. The monoisotopic (exact) mass is 241 g/mol. The van der Waals surface area contributed by atoms with Crippen molar-refractivity contribution in [1.29, 1.82) is 0 Å². The minimum Gasteiger partial charge on any atom is -0.446 e. The summed E-state index contributed by atoms with van der Waals surface area (Å²) in [5.74, 6) is -0.486. The second kappa shape index (κ2) is 5.35. The third-order valence-corrected chi connectivity index (χ3v) is 3.38. The molecule has 2 aliphatic rings. The summed E-state index contributed by atoms with van der Waals surface area (Å²) in [6.45, 7) is 1.55. The molecule has 6 heteroatoms. The van der Waals surface area contributed by atoms with Crippen LogP contribution in [-0.2, 0) is 9.53 Å². The van der Waals surface area contributed by atoms with E-state index in [1.54, 1.807) is 0 Å². The Morgan fingerprint density at radius 3 is 2.65 bits per heavy atom. The quantitative estimate of drug-likeness (QED) is 0.702. The van der Waals surface area contributed by atoms with Crippen LogP contribution in [0.5, 0.6) is 0 Å². The van der Waals surface area contributed by atoms with Crippen molar-refractivity contribution in [2.45, 2.75) is 37.8 Å². The van der Waals surface area contributed by atoms with Gasteiger partial charge in [-0.25, -0.2) is 4.79 Å². The predicted octanol–water partition coefficient (Wildman–Crippen LogP) is -0.175. The zero-order chi connectivity index (χ0) is 12.3. The van der Waals surface area contributed by atoms with Gasteiger partial charge in [0.15, 0.2) is 0 Å². The van der Waals surface area contributed by atoms with Crippen LogP contribution in [0.2, 0.25) is 0 Å². The highest BCUT2D eigenvalue weighted by atomic mass is 16.6. The Bertz CT molecular complexity index is 302. The summed E-state index contributed by atoms with van der Waals surface area (Å²) < 4.78 is 5.38. The van der Waals surface area contributed by atoms with Gasteiger partial charge in [-0.15, -0.1) is 0 Å². The average Bonchev–Trinajstić information content (AvgIpc) is 2.81. The maximum Gasteiger partial charge on any atom is 0.410 e. The van der Waals surface area contributed by atoms with Crippen molar-refractivity contribution in [2.75, 3.05) is 19.6 Å². The van der Waals surface area contributed by atoms with Crippen LogP contribution in [0.15, 0.2) is 0 Å². The Hall–Kier alpha value is -1.30. The van der Waals surface area contributed by atoms with Gasteiger partial charge in [0.25, 0.3) is 0 Å². The summed E-state index contributed by atoms with van der Waals surface area (Å²) in [7, 11) is 0. The number of primary amides is 1. The van der Waals surface area contributed by atoms with Gasteiger partial charge in [-0.2, -0.15) is 0 Å². The number of carbonyl (C=O) groups excluding carboxylic acids is 2. The van der Waals surface area contributed by atoms with E-state index in [2.05, 4.69) is 5.32 Å². The molecular formula is C11H19N3O3. The summed E-state index contributed by atoms with van der Waals surface area (Å²) in [5.41, 5.74) is 5.28. The molecule has 3 N–H and O–H groups in total. The van der Waals surface area contributed by atoms with Crippen molar-refractivity contribution in [3.8, 4) is 0 Å². The summed E-state index contributed by atoms with van der Waals surface area (Å²) >= 11 is 0. The molecule has 17 heavy (non-hydrogen) atoms. The molecule has 1 aliphatic heterocycles. The Morgan fingerprint density at radius 1 is 1.29 bits per heavy atom. The summed E-state index contributed by atoms with van der Waals surface area (Å²) in [5, 5.41) is 3.04. The van der Waals surface area contributed by atoms with Gasteiger partial charge in [0.05, 0.1) is 0 Å². The summed E-state index contributed by atoms with van der Waals surface area (Å²) in [6.07, 6.45) is 3.70. The Kier molecular flexibility index (Phi) is 3.83. The molecule has 1 saturated carbocycles. The molecule has 2 rings (SSSR count). The number of hydrogen-bond acceptors (Lipinski definition) is 4. The zero-order valence-corrected chi connectivity index (χ0v) is 9.85. The maximum absolute atomic E-state index is 11.9. The topological polar surface area (TPSA) is 84.7 Å². The number of nitrogens with one attached hydrogen (secondary N) is 1. The SMILES string of the molecule is NC(=O)C1CNCCN1C(=O)OC1CCCC1. The molecule has 0 radical (unpaired) electrons. The van der Waals surface area contributed by atoms with Crippen LogP contribution >= 0.6 is 0 Å². The van der Waals surface area contributed by atoms with Crippen LogP contribution in [0.25, 0.3) is 0 Å². The van der Waals surface area contributed by atoms with Crippen LogP contribution < -0.4 is 11.1 Å². The van der Waals surface area contributed by atoms with E-state index < -0.39 is 18.0 Å². The lowest BCUT2D eigenvalue weighted by atomic mass is 10.2. The fourth-order valence-electron chi connectivity index (χ4n) is 2.39. The third kappa shape index (κ3) is 2.88. The minimum atomic E-state index is -0.586. The smallest absolute Gasteiger partial charge is 0.410 e. The fourth-order valence-corrected chi connectivity index (χ4v) is 2.39.